The summed E-state index contributed by atoms with van der Waals surface area (Å²) in [5, 5.41) is 12.2. The van der Waals surface area contributed by atoms with Crippen molar-refractivity contribution in [3.8, 4) is 0 Å². The van der Waals surface area contributed by atoms with Crippen LogP contribution in [-0.4, -0.2) is 70.8 Å². The smallest absolute Gasteiger partial charge is 0.353 e. The summed E-state index contributed by atoms with van der Waals surface area (Å²) in [4.78, 5) is 31.8. The molecular weight excluding hydrogens is 250 g/mol. The Morgan fingerprint density at radius 3 is 2.42 bits per heavy atom. The van der Waals surface area contributed by atoms with Crippen LogP contribution in [0, 0.1) is 0 Å². The van der Waals surface area contributed by atoms with Gasteiger partial charge >= 0.3 is 5.97 Å². The molecule has 0 radical (unpaired) electrons. The van der Waals surface area contributed by atoms with E-state index in [-0.39, 0.29) is 18.0 Å². The van der Waals surface area contributed by atoms with Gasteiger partial charge in [-0.05, 0) is 13.8 Å². The maximum atomic E-state index is 12.2. The fourth-order valence-corrected chi connectivity index (χ4v) is 2.30. The van der Waals surface area contributed by atoms with Crippen LogP contribution in [0.5, 0.6) is 0 Å². The van der Waals surface area contributed by atoms with E-state index in [1.54, 1.807) is 4.90 Å². The van der Waals surface area contributed by atoms with E-state index in [4.69, 9.17) is 9.94 Å². The second-order valence-electron chi connectivity index (χ2n) is 5.10. The van der Waals surface area contributed by atoms with Crippen molar-refractivity contribution in [2.24, 2.45) is 5.16 Å². The molecule has 7 nitrogen and oxygen atoms in total. The Hall–Kier alpha value is -1.63. The zero-order valence-corrected chi connectivity index (χ0v) is 11.2. The number of aliphatic carboxylic acids is 1. The molecule has 1 amide bonds. The van der Waals surface area contributed by atoms with Gasteiger partial charge in [0.1, 0.15) is 0 Å². The Labute approximate surface area is 111 Å². The largest absolute Gasteiger partial charge is 0.477 e. The maximum absolute atomic E-state index is 12.2. The molecule has 2 heterocycles. The number of carbonyl (C=O) groups excluding carboxylic acids is 1. The molecule has 106 valence electrons. The van der Waals surface area contributed by atoms with Crippen molar-refractivity contribution in [1.82, 2.24) is 9.80 Å². The van der Waals surface area contributed by atoms with E-state index < -0.39 is 12.1 Å². The minimum Gasteiger partial charge on any atom is -0.477 e. The molecule has 0 bridgehead atoms. The monoisotopic (exact) mass is 269 g/mol. The molecule has 1 saturated heterocycles. The molecule has 19 heavy (non-hydrogen) atoms. The second kappa shape index (κ2) is 5.56. The van der Waals surface area contributed by atoms with Gasteiger partial charge in [0.05, 0.1) is 0 Å². The summed E-state index contributed by atoms with van der Waals surface area (Å²) < 4.78 is 0. The highest BCUT2D eigenvalue weighted by Gasteiger charge is 2.35. The van der Waals surface area contributed by atoms with E-state index in [2.05, 4.69) is 23.9 Å². The Balaban J connectivity index is 1.84. The zero-order valence-electron chi connectivity index (χ0n) is 11.2. The predicted octanol–water partition coefficient (Wildman–Crippen LogP) is -0.231. The number of carboxylic acids is 1. The van der Waals surface area contributed by atoms with Crippen LogP contribution in [0.3, 0.4) is 0 Å². The van der Waals surface area contributed by atoms with Crippen LogP contribution in [0.15, 0.2) is 5.16 Å². The molecule has 2 rings (SSSR count). The predicted molar refractivity (Wildman–Crippen MR) is 67.8 cm³/mol. The number of amides is 1. The van der Waals surface area contributed by atoms with Gasteiger partial charge in [0.15, 0.2) is 5.71 Å². The van der Waals surface area contributed by atoms with Gasteiger partial charge in [-0.25, -0.2) is 4.79 Å². The normalized spacial score (nSPS) is 24.3. The molecule has 0 aromatic heterocycles. The average Bonchev–Trinajstić information content (AvgIpc) is 2.87. The molecule has 2 aliphatic heterocycles. The number of hydrogen-bond donors (Lipinski definition) is 1. The van der Waals surface area contributed by atoms with Crippen molar-refractivity contribution < 1.29 is 19.5 Å². The molecule has 0 aromatic carbocycles. The summed E-state index contributed by atoms with van der Waals surface area (Å²) in [6, 6.07) is 0.474. The van der Waals surface area contributed by atoms with Crippen LogP contribution in [0.2, 0.25) is 0 Å². The summed E-state index contributed by atoms with van der Waals surface area (Å²) in [7, 11) is 0. The number of hydrogen-bond acceptors (Lipinski definition) is 5. The molecule has 1 N–H and O–H groups in total. The first-order chi connectivity index (χ1) is 8.99. The van der Waals surface area contributed by atoms with Gasteiger partial charge in [-0.1, -0.05) is 5.16 Å². The maximum Gasteiger partial charge on any atom is 0.353 e. The fourth-order valence-electron chi connectivity index (χ4n) is 2.30. The van der Waals surface area contributed by atoms with Gasteiger partial charge in [0, 0.05) is 38.6 Å². The van der Waals surface area contributed by atoms with Crippen LogP contribution in [0.4, 0.5) is 0 Å². The molecule has 1 atom stereocenters. The SMILES string of the molecule is CC(C)N1CCN(C(=O)C2CC(C(=O)O)=NO2)CC1. The van der Waals surface area contributed by atoms with Crippen LogP contribution >= 0.6 is 0 Å². The molecule has 1 fully saturated rings. The Bertz CT molecular complexity index is 400. The fraction of sp³-hybridized carbons (Fsp3) is 0.750. The molecule has 0 saturated carbocycles. The lowest BCUT2D eigenvalue weighted by Crippen LogP contribution is -2.53. The highest BCUT2D eigenvalue weighted by molar-refractivity contribution is 6.36. The third-order valence-corrected chi connectivity index (χ3v) is 3.55. The quantitative estimate of drug-likeness (QED) is 0.765. The molecule has 0 aromatic rings. The van der Waals surface area contributed by atoms with Crippen LogP contribution in [-0.2, 0) is 14.4 Å². The lowest BCUT2D eigenvalue weighted by Gasteiger charge is -2.37. The first-order valence-corrected chi connectivity index (χ1v) is 6.48. The summed E-state index contributed by atoms with van der Waals surface area (Å²) in [6.07, 6.45) is -0.713. The van der Waals surface area contributed by atoms with Gasteiger partial charge in [0.2, 0.25) is 6.10 Å². The van der Waals surface area contributed by atoms with Crippen molar-refractivity contribution in [2.45, 2.75) is 32.4 Å². The Morgan fingerprint density at radius 1 is 1.32 bits per heavy atom. The molecular formula is C12H19N3O4. The van der Waals surface area contributed by atoms with Crippen LogP contribution < -0.4 is 0 Å². The van der Waals surface area contributed by atoms with Crippen molar-refractivity contribution in [3.63, 3.8) is 0 Å². The Morgan fingerprint density at radius 2 is 1.95 bits per heavy atom. The lowest BCUT2D eigenvalue weighted by atomic mass is 10.1. The summed E-state index contributed by atoms with van der Waals surface area (Å²) in [5.41, 5.74) is -0.0841. The Kier molecular flexibility index (Phi) is 4.04. The van der Waals surface area contributed by atoms with Crippen LogP contribution in [0.25, 0.3) is 0 Å². The number of rotatable bonds is 3. The van der Waals surface area contributed by atoms with Crippen LogP contribution in [0.1, 0.15) is 20.3 Å². The van der Waals surface area contributed by atoms with Crippen molar-refractivity contribution in [3.05, 3.63) is 0 Å². The number of nitrogens with zero attached hydrogens (tertiary/aromatic N) is 3. The van der Waals surface area contributed by atoms with E-state index in [1.807, 2.05) is 0 Å². The highest BCUT2D eigenvalue weighted by atomic mass is 16.6. The summed E-state index contributed by atoms with van der Waals surface area (Å²) in [6.45, 7) is 7.24. The summed E-state index contributed by atoms with van der Waals surface area (Å²) in [5.74, 6) is -1.29. The van der Waals surface area contributed by atoms with Gasteiger partial charge in [-0.2, -0.15) is 0 Å². The van der Waals surface area contributed by atoms with Crippen molar-refractivity contribution in [2.75, 3.05) is 26.2 Å². The first kappa shape index (κ1) is 13.8. The third-order valence-electron chi connectivity index (χ3n) is 3.55. The topological polar surface area (TPSA) is 82.4 Å². The van der Waals surface area contributed by atoms with Gasteiger partial charge in [-0.15, -0.1) is 0 Å². The lowest BCUT2D eigenvalue weighted by molar-refractivity contribution is -0.144. The highest BCUT2D eigenvalue weighted by Crippen LogP contribution is 2.15. The third kappa shape index (κ3) is 3.04. The number of carboxylic acid groups (broad SMARTS) is 1. The number of oxime groups is 1. The second-order valence-corrected chi connectivity index (χ2v) is 5.10. The van der Waals surface area contributed by atoms with Gasteiger partial charge < -0.3 is 14.8 Å². The number of piperazine rings is 1. The van der Waals surface area contributed by atoms with E-state index in [0.29, 0.717) is 19.1 Å². The van der Waals surface area contributed by atoms with E-state index in [0.717, 1.165) is 13.1 Å². The minimum atomic E-state index is -1.13. The van der Waals surface area contributed by atoms with E-state index in [9.17, 15) is 9.59 Å². The molecule has 7 heteroatoms. The van der Waals surface area contributed by atoms with Gasteiger partial charge in [0.25, 0.3) is 5.91 Å². The molecule has 1 unspecified atom stereocenters. The number of carbonyl (C=O) groups is 2. The van der Waals surface area contributed by atoms with E-state index in [1.165, 1.54) is 0 Å². The van der Waals surface area contributed by atoms with Crippen molar-refractivity contribution >= 4 is 17.6 Å². The summed E-state index contributed by atoms with van der Waals surface area (Å²) >= 11 is 0. The average molecular weight is 269 g/mol. The molecule has 0 spiro atoms. The van der Waals surface area contributed by atoms with Crippen molar-refractivity contribution in [1.29, 1.82) is 0 Å². The van der Waals surface area contributed by atoms with Gasteiger partial charge in [-0.3, -0.25) is 9.69 Å². The first-order valence-electron chi connectivity index (χ1n) is 6.48. The zero-order chi connectivity index (χ0) is 14.0. The molecule has 0 aliphatic carbocycles. The minimum absolute atomic E-state index is 0.0541. The molecule has 2 aliphatic rings. The van der Waals surface area contributed by atoms with E-state index >= 15 is 0 Å². The standard InChI is InChI=1S/C12H19N3O4/c1-8(2)14-3-5-15(6-4-14)11(16)10-7-9(12(17)18)13-19-10/h8,10H,3-7H2,1-2H3,(H,17,18).